The summed E-state index contributed by atoms with van der Waals surface area (Å²) < 4.78 is 0. The monoisotopic (exact) mass is 296 g/mol. The molecule has 0 aromatic heterocycles. The lowest BCUT2D eigenvalue weighted by Gasteiger charge is -2.00. The topological polar surface area (TPSA) is 0 Å². The van der Waals surface area contributed by atoms with E-state index >= 15 is 0 Å². The summed E-state index contributed by atoms with van der Waals surface area (Å²) in [6.45, 7) is 0. The first kappa shape index (κ1) is 18.5. The average Bonchev–Trinajstić information content (AvgIpc) is 2.53. The third kappa shape index (κ3) is 13.4. The summed E-state index contributed by atoms with van der Waals surface area (Å²) in [5.41, 5.74) is 0. The van der Waals surface area contributed by atoms with Gasteiger partial charge in [-0.05, 0) is 25.7 Å². The van der Waals surface area contributed by atoms with Crippen LogP contribution >= 0.6 is 0 Å². The first-order valence-electron chi connectivity index (χ1n) is 8.98. The highest BCUT2D eigenvalue weighted by Gasteiger charge is 1.91. The third-order valence-electron chi connectivity index (χ3n) is 3.76. The third-order valence-corrected chi connectivity index (χ3v) is 3.76. The van der Waals surface area contributed by atoms with Crippen molar-refractivity contribution in [3.63, 3.8) is 0 Å². The summed E-state index contributed by atoms with van der Waals surface area (Å²) in [5, 5.41) is 0. The average molecular weight is 296 g/mol. The Labute approximate surface area is 137 Å². The molecule has 0 radical (unpaired) electrons. The van der Waals surface area contributed by atoms with E-state index in [4.69, 9.17) is 0 Å². The normalized spacial score (nSPS) is 19.6. The van der Waals surface area contributed by atoms with Gasteiger partial charge in [-0.1, -0.05) is 111 Å². The first-order chi connectivity index (χ1) is 11.0. The zero-order valence-corrected chi connectivity index (χ0v) is 14.0. The molecule has 0 heteroatoms. The van der Waals surface area contributed by atoms with Crippen molar-refractivity contribution in [3.05, 3.63) is 72.9 Å². The van der Waals surface area contributed by atoms with Gasteiger partial charge in [0.2, 0.25) is 0 Å². The molecule has 0 bridgehead atoms. The van der Waals surface area contributed by atoms with Crippen LogP contribution in [0.15, 0.2) is 72.9 Å². The zero-order valence-electron chi connectivity index (χ0n) is 14.0. The minimum absolute atomic E-state index is 1.21. The highest BCUT2D eigenvalue weighted by atomic mass is 14.0. The molecule has 0 heterocycles. The quantitative estimate of drug-likeness (QED) is 0.442. The number of hydrogen-bond acceptors (Lipinski definition) is 0. The van der Waals surface area contributed by atoms with Crippen LogP contribution in [0.25, 0.3) is 0 Å². The molecule has 1 rings (SSSR count). The molecule has 0 amide bonds. The van der Waals surface area contributed by atoms with E-state index in [0.717, 1.165) is 0 Å². The van der Waals surface area contributed by atoms with Gasteiger partial charge in [-0.15, -0.1) is 0 Å². The summed E-state index contributed by atoms with van der Waals surface area (Å²) in [7, 11) is 0. The molecule has 22 heavy (non-hydrogen) atoms. The second-order valence-corrected chi connectivity index (χ2v) is 5.80. The van der Waals surface area contributed by atoms with Crippen LogP contribution in [0.3, 0.4) is 0 Å². The Morgan fingerprint density at radius 3 is 0.909 bits per heavy atom. The van der Waals surface area contributed by atoms with Crippen molar-refractivity contribution in [1.82, 2.24) is 0 Å². The van der Waals surface area contributed by atoms with E-state index < -0.39 is 0 Å². The molecule has 0 fully saturated rings. The fourth-order valence-corrected chi connectivity index (χ4v) is 2.45. The first-order valence-corrected chi connectivity index (χ1v) is 8.98. The van der Waals surface area contributed by atoms with Crippen molar-refractivity contribution in [2.24, 2.45) is 0 Å². The van der Waals surface area contributed by atoms with Gasteiger partial charge in [0, 0.05) is 0 Å². The Morgan fingerprint density at radius 1 is 0.273 bits per heavy atom. The summed E-state index contributed by atoms with van der Waals surface area (Å²) in [4.78, 5) is 0. The Hall–Kier alpha value is -1.56. The Morgan fingerprint density at radius 2 is 0.545 bits per heavy atom. The van der Waals surface area contributed by atoms with Crippen LogP contribution < -0.4 is 0 Å². The highest BCUT2D eigenvalue weighted by Crippen LogP contribution is 2.11. The molecule has 1 aliphatic carbocycles. The summed E-state index contributed by atoms with van der Waals surface area (Å²) in [6, 6.07) is 0. The fourth-order valence-electron chi connectivity index (χ4n) is 2.45. The van der Waals surface area contributed by atoms with Gasteiger partial charge in [-0.2, -0.15) is 0 Å². The Bertz CT molecular complexity index is 362. The van der Waals surface area contributed by atoms with Gasteiger partial charge in [0.15, 0.2) is 0 Å². The lowest BCUT2D eigenvalue weighted by molar-refractivity contribution is 0.571. The van der Waals surface area contributed by atoms with Gasteiger partial charge in [0.05, 0.1) is 0 Å². The Balaban J connectivity index is 2.34. The van der Waals surface area contributed by atoms with Crippen LogP contribution in [0.2, 0.25) is 0 Å². The molecule has 0 nitrogen and oxygen atoms in total. The minimum Gasteiger partial charge on any atom is -0.0845 e. The SMILES string of the molecule is C1=CC=CC=CCCCCCCCCCCC=CC=CC=C1. The maximum absolute atomic E-state index is 2.28. The van der Waals surface area contributed by atoms with E-state index in [1.54, 1.807) is 0 Å². The van der Waals surface area contributed by atoms with E-state index in [-0.39, 0.29) is 0 Å². The maximum Gasteiger partial charge on any atom is -0.0348 e. The molecular formula is C22H32. The van der Waals surface area contributed by atoms with E-state index in [2.05, 4.69) is 72.9 Å². The Kier molecular flexibility index (Phi) is 13.3. The van der Waals surface area contributed by atoms with Crippen molar-refractivity contribution in [2.45, 2.75) is 64.2 Å². The standard InChI is InChI=1S/C22H32/c1-2-4-6-8-10-12-14-16-18-20-22-21-19-17-15-13-11-9-7-5-3-1/h1-12H,13-22H2. The molecule has 0 aromatic carbocycles. The molecule has 0 saturated heterocycles. The van der Waals surface area contributed by atoms with Crippen molar-refractivity contribution < 1.29 is 0 Å². The smallest absolute Gasteiger partial charge is 0.0348 e. The predicted molar refractivity (Wildman–Crippen MR) is 101 cm³/mol. The number of hydrogen-bond donors (Lipinski definition) is 0. The molecule has 1 aliphatic rings. The molecule has 0 N–H and O–H groups in total. The highest BCUT2D eigenvalue weighted by molar-refractivity contribution is 5.19. The van der Waals surface area contributed by atoms with Crippen LogP contribution in [-0.4, -0.2) is 0 Å². The van der Waals surface area contributed by atoms with Gasteiger partial charge < -0.3 is 0 Å². The second kappa shape index (κ2) is 15.8. The van der Waals surface area contributed by atoms with Crippen LogP contribution in [0, 0.1) is 0 Å². The molecular weight excluding hydrogens is 264 g/mol. The minimum atomic E-state index is 1.21. The van der Waals surface area contributed by atoms with Crippen LogP contribution in [0.4, 0.5) is 0 Å². The fraction of sp³-hybridized carbons (Fsp3) is 0.455. The molecule has 0 spiro atoms. The van der Waals surface area contributed by atoms with Crippen LogP contribution in [0.5, 0.6) is 0 Å². The van der Waals surface area contributed by atoms with Gasteiger partial charge in [-0.25, -0.2) is 0 Å². The van der Waals surface area contributed by atoms with E-state index in [1.165, 1.54) is 64.2 Å². The van der Waals surface area contributed by atoms with Crippen molar-refractivity contribution >= 4 is 0 Å². The molecule has 0 unspecified atom stereocenters. The molecule has 0 saturated carbocycles. The molecule has 0 aromatic rings. The van der Waals surface area contributed by atoms with E-state index in [9.17, 15) is 0 Å². The second-order valence-electron chi connectivity index (χ2n) is 5.80. The largest absolute Gasteiger partial charge is 0.0845 e. The summed E-state index contributed by atoms with van der Waals surface area (Å²) >= 11 is 0. The maximum atomic E-state index is 2.28. The van der Waals surface area contributed by atoms with Gasteiger partial charge >= 0.3 is 0 Å². The van der Waals surface area contributed by atoms with Crippen LogP contribution in [0.1, 0.15) is 64.2 Å². The van der Waals surface area contributed by atoms with Gasteiger partial charge in [0.25, 0.3) is 0 Å². The number of allylic oxidation sites excluding steroid dienone is 12. The van der Waals surface area contributed by atoms with Crippen molar-refractivity contribution in [2.75, 3.05) is 0 Å². The lowest BCUT2D eigenvalue weighted by Crippen LogP contribution is -1.81. The number of rotatable bonds is 0. The van der Waals surface area contributed by atoms with E-state index in [1.807, 2.05) is 0 Å². The van der Waals surface area contributed by atoms with Crippen molar-refractivity contribution in [1.29, 1.82) is 0 Å². The predicted octanol–water partition coefficient (Wildman–Crippen LogP) is 7.24. The molecule has 0 atom stereocenters. The molecule has 120 valence electrons. The van der Waals surface area contributed by atoms with Gasteiger partial charge in [0.1, 0.15) is 0 Å². The summed E-state index contributed by atoms with van der Waals surface area (Å²) in [5.74, 6) is 0. The van der Waals surface area contributed by atoms with E-state index in [0.29, 0.717) is 0 Å². The molecule has 0 aliphatic heterocycles. The van der Waals surface area contributed by atoms with Gasteiger partial charge in [-0.3, -0.25) is 0 Å². The summed E-state index contributed by atoms with van der Waals surface area (Å²) in [6.07, 6.45) is 39.0. The van der Waals surface area contributed by atoms with Crippen molar-refractivity contribution in [3.8, 4) is 0 Å². The lowest BCUT2D eigenvalue weighted by atomic mass is 10.1. The zero-order chi connectivity index (χ0) is 15.6. The van der Waals surface area contributed by atoms with Crippen LogP contribution in [-0.2, 0) is 0 Å².